The highest BCUT2D eigenvalue weighted by Crippen LogP contribution is 2.10. The van der Waals surface area contributed by atoms with Crippen LogP contribution in [0, 0.1) is 0 Å². The molecule has 3 nitrogen and oxygen atoms in total. The Kier molecular flexibility index (Phi) is 6.92. The van der Waals surface area contributed by atoms with Gasteiger partial charge in [0.2, 0.25) is 5.43 Å². The Labute approximate surface area is 109 Å². The molecule has 0 saturated carbocycles. The highest BCUT2D eigenvalue weighted by molar-refractivity contribution is 5.39. The summed E-state index contributed by atoms with van der Waals surface area (Å²) >= 11 is 0. The van der Waals surface area contributed by atoms with Crippen molar-refractivity contribution in [2.24, 2.45) is 0 Å². The highest BCUT2D eigenvalue weighted by Gasteiger charge is 1.95. The van der Waals surface area contributed by atoms with Gasteiger partial charge in [-0.05, 0) is 30.7 Å². The molecule has 0 bridgehead atoms. The number of anilines is 1. The summed E-state index contributed by atoms with van der Waals surface area (Å²) in [5, 5.41) is 0. The summed E-state index contributed by atoms with van der Waals surface area (Å²) in [5.74, 6) is 0.706. The average Bonchev–Trinajstić information content (AvgIpc) is 2.53. The first-order valence-corrected chi connectivity index (χ1v) is 6.76. The lowest BCUT2D eigenvalue weighted by Gasteiger charge is -2.04. The summed E-state index contributed by atoms with van der Waals surface area (Å²) in [6.45, 7) is 2.92. The van der Waals surface area contributed by atoms with Crippen LogP contribution in [0.25, 0.3) is 0 Å². The Balaban J connectivity index is 2.24. The number of hydrogen-bond acceptors (Lipinski definition) is 3. The Morgan fingerprint density at radius 3 is 2.44 bits per heavy atom. The highest BCUT2D eigenvalue weighted by atomic mass is 16.5. The number of hydrogen-bond donors (Lipinski definition) is 1. The van der Waals surface area contributed by atoms with E-state index in [-0.39, 0.29) is 11.1 Å². The second-order valence-electron chi connectivity index (χ2n) is 4.50. The van der Waals surface area contributed by atoms with Crippen LogP contribution in [0.5, 0.6) is 5.75 Å². The van der Waals surface area contributed by atoms with Crippen LogP contribution < -0.4 is 15.9 Å². The van der Waals surface area contributed by atoms with Crippen LogP contribution in [0.1, 0.15) is 45.4 Å². The first-order chi connectivity index (χ1) is 8.74. The molecule has 0 unspecified atom stereocenters. The van der Waals surface area contributed by atoms with Gasteiger partial charge in [-0.2, -0.15) is 0 Å². The second kappa shape index (κ2) is 8.56. The summed E-state index contributed by atoms with van der Waals surface area (Å²) in [5.41, 5.74) is 5.62. The topological polar surface area (TPSA) is 52.3 Å². The van der Waals surface area contributed by atoms with Gasteiger partial charge in [0.15, 0.2) is 0 Å². The van der Waals surface area contributed by atoms with Gasteiger partial charge in [-0.3, -0.25) is 4.79 Å². The van der Waals surface area contributed by atoms with E-state index in [9.17, 15) is 4.79 Å². The lowest BCUT2D eigenvalue weighted by molar-refractivity contribution is 0.304. The van der Waals surface area contributed by atoms with E-state index < -0.39 is 0 Å². The van der Waals surface area contributed by atoms with Crippen molar-refractivity contribution in [3.05, 3.63) is 34.5 Å². The van der Waals surface area contributed by atoms with Gasteiger partial charge < -0.3 is 10.5 Å². The van der Waals surface area contributed by atoms with Gasteiger partial charge in [0, 0.05) is 0 Å². The number of nitrogens with two attached hydrogens (primary N) is 1. The summed E-state index contributed by atoms with van der Waals surface area (Å²) in [6.07, 6.45) is 7.44. The van der Waals surface area contributed by atoms with Crippen molar-refractivity contribution in [2.75, 3.05) is 12.3 Å². The largest absolute Gasteiger partial charge is 0.494 e. The molecule has 0 amide bonds. The van der Waals surface area contributed by atoms with E-state index in [1.54, 1.807) is 18.2 Å². The van der Waals surface area contributed by atoms with Crippen molar-refractivity contribution in [1.82, 2.24) is 0 Å². The predicted molar refractivity (Wildman–Crippen MR) is 76.0 cm³/mol. The average molecular weight is 249 g/mol. The zero-order chi connectivity index (χ0) is 13.2. The van der Waals surface area contributed by atoms with E-state index in [0.29, 0.717) is 12.4 Å². The molecule has 1 rings (SSSR count). The third-order valence-electron chi connectivity index (χ3n) is 2.88. The van der Waals surface area contributed by atoms with Crippen LogP contribution in [0.15, 0.2) is 29.1 Å². The predicted octanol–water partition coefficient (Wildman–Crippen LogP) is 3.37. The normalized spacial score (nSPS) is 10.3. The van der Waals surface area contributed by atoms with Crippen molar-refractivity contribution in [1.29, 1.82) is 0 Å². The maximum absolute atomic E-state index is 11.3. The zero-order valence-corrected chi connectivity index (χ0v) is 11.2. The van der Waals surface area contributed by atoms with Crippen LogP contribution >= 0.6 is 0 Å². The summed E-state index contributed by atoms with van der Waals surface area (Å²) in [4.78, 5) is 11.3. The molecule has 3 heteroatoms. The van der Waals surface area contributed by atoms with Gasteiger partial charge in [-0.1, -0.05) is 39.0 Å². The summed E-state index contributed by atoms with van der Waals surface area (Å²) in [6, 6.07) is 6.47. The van der Waals surface area contributed by atoms with E-state index in [1.807, 2.05) is 0 Å². The van der Waals surface area contributed by atoms with Crippen molar-refractivity contribution in [3.63, 3.8) is 0 Å². The van der Waals surface area contributed by atoms with Crippen LogP contribution in [0.4, 0.5) is 5.69 Å². The van der Waals surface area contributed by atoms with Gasteiger partial charge >= 0.3 is 0 Å². The van der Waals surface area contributed by atoms with Gasteiger partial charge in [0.25, 0.3) is 0 Å². The van der Waals surface area contributed by atoms with E-state index in [4.69, 9.17) is 10.5 Å². The number of rotatable bonds is 8. The quantitative estimate of drug-likeness (QED) is 0.719. The third-order valence-corrected chi connectivity index (χ3v) is 2.88. The van der Waals surface area contributed by atoms with Gasteiger partial charge in [-0.25, -0.2) is 0 Å². The Morgan fingerprint density at radius 1 is 1.00 bits per heavy atom. The van der Waals surface area contributed by atoms with E-state index in [0.717, 1.165) is 6.42 Å². The molecule has 0 atom stereocenters. The first kappa shape index (κ1) is 14.6. The van der Waals surface area contributed by atoms with Crippen molar-refractivity contribution < 1.29 is 4.74 Å². The molecular weight excluding hydrogens is 226 g/mol. The molecule has 0 radical (unpaired) electrons. The van der Waals surface area contributed by atoms with Crippen molar-refractivity contribution in [3.8, 4) is 5.75 Å². The molecule has 0 spiro atoms. The third kappa shape index (κ3) is 5.71. The molecule has 2 N–H and O–H groups in total. The Morgan fingerprint density at radius 2 is 1.67 bits per heavy atom. The summed E-state index contributed by atoms with van der Waals surface area (Å²) < 4.78 is 5.59. The first-order valence-electron chi connectivity index (χ1n) is 6.76. The lowest BCUT2D eigenvalue weighted by Crippen LogP contribution is -2.01. The molecule has 0 heterocycles. The molecule has 0 aliphatic rings. The molecule has 18 heavy (non-hydrogen) atoms. The molecule has 100 valence electrons. The van der Waals surface area contributed by atoms with Gasteiger partial charge in [-0.15, -0.1) is 0 Å². The number of unbranched alkanes of at least 4 members (excludes halogenated alkanes) is 5. The maximum Gasteiger partial charge on any atom is 0.201 e. The van der Waals surface area contributed by atoms with Crippen LogP contribution in [-0.4, -0.2) is 6.61 Å². The molecule has 0 aliphatic carbocycles. The zero-order valence-electron chi connectivity index (χ0n) is 11.2. The van der Waals surface area contributed by atoms with E-state index in [1.165, 1.54) is 38.2 Å². The van der Waals surface area contributed by atoms with Gasteiger partial charge in [0.1, 0.15) is 5.75 Å². The SMILES string of the molecule is CCCCCCCCOc1ccc(N)c(=O)cc1. The Hall–Kier alpha value is -1.51. The fourth-order valence-corrected chi connectivity index (χ4v) is 1.73. The molecule has 1 aromatic rings. The fourth-order valence-electron chi connectivity index (χ4n) is 1.73. The minimum absolute atomic E-state index is 0.163. The molecule has 0 fully saturated rings. The summed E-state index contributed by atoms with van der Waals surface area (Å²) in [7, 11) is 0. The standard InChI is InChI=1S/C15H23NO2/c1-2-3-4-5-6-7-12-18-13-8-10-14(16)15(17)11-9-13/h8-11H,2-7,12H2,1H3,(H2,16,17). The molecular formula is C15H23NO2. The monoisotopic (exact) mass is 249 g/mol. The second-order valence-corrected chi connectivity index (χ2v) is 4.50. The minimum Gasteiger partial charge on any atom is -0.494 e. The number of ether oxygens (including phenoxy) is 1. The van der Waals surface area contributed by atoms with Crippen LogP contribution in [0.2, 0.25) is 0 Å². The van der Waals surface area contributed by atoms with Crippen LogP contribution in [-0.2, 0) is 0 Å². The maximum atomic E-state index is 11.3. The van der Waals surface area contributed by atoms with E-state index in [2.05, 4.69) is 6.92 Å². The number of nitrogen functional groups attached to an aromatic ring is 1. The molecule has 1 aromatic carbocycles. The van der Waals surface area contributed by atoms with E-state index >= 15 is 0 Å². The fraction of sp³-hybridized carbons (Fsp3) is 0.533. The van der Waals surface area contributed by atoms with Crippen LogP contribution in [0.3, 0.4) is 0 Å². The van der Waals surface area contributed by atoms with Crippen molar-refractivity contribution in [2.45, 2.75) is 45.4 Å². The molecule has 0 aliphatic heterocycles. The molecule has 0 aromatic heterocycles. The Bertz CT molecular complexity index is 404. The van der Waals surface area contributed by atoms with Gasteiger partial charge in [0.05, 0.1) is 12.3 Å². The smallest absolute Gasteiger partial charge is 0.201 e. The lowest BCUT2D eigenvalue weighted by atomic mass is 10.1. The minimum atomic E-state index is -0.163. The van der Waals surface area contributed by atoms with Crippen molar-refractivity contribution >= 4 is 5.69 Å². The molecule has 0 saturated heterocycles.